The second-order valence-electron chi connectivity index (χ2n) is 3.02. The van der Waals surface area contributed by atoms with Crippen molar-refractivity contribution in [1.29, 1.82) is 0 Å². The van der Waals surface area contributed by atoms with Gasteiger partial charge in [0.15, 0.2) is 0 Å². The lowest BCUT2D eigenvalue weighted by molar-refractivity contribution is -0.138. The van der Waals surface area contributed by atoms with E-state index in [4.69, 9.17) is 9.84 Å². The third-order valence-electron chi connectivity index (χ3n) is 2.02. The van der Waals surface area contributed by atoms with Crippen molar-refractivity contribution in [2.24, 2.45) is 0 Å². The third-order valence-corrected chi connectivity index (χ3v) is 2.02. The minimum absolute atomic E-state index is 0.00690. The van der Waals surface area contributed by atoms with Crippen LogP contribution in [0.1, 0.15) is 18.4 Å². The zero-order valence-electron chi connectivity index (χ0n) is 8.02. The molecule has 76 valence electrons. The molecule has 0 aromatic heterocycles. The molecule has 0 unspecified atom stereocenters. The van der Waals surface area contributed by atoms with Gasteiger partial charge in [-0.15, -0.1) is 0 Å². The molecule has 0 aliphatic carbocycles. The van der Waals surface area contributed by atoms with Crippen molar-refractivity contribution in [1.82, 2.24) is 0 Å². The number of rotatable bonds is 3. The minimum atomic E-state index is -0.933. The summed E-state index contributed by atoms with van der Waals surface area (Å²) in [5.74, 6) is -1.13. The number of aliphatic carboxylic acids is 1. The quantitative estimate of drug-likeness (QED) is 0.770. The van der Waals surface area contributed by atoms with E-state index in [1.807, 2.05) is 0 Å². The summed E-state index contributed by atoms with van der Waals surface area (Å²) in [5.41, 5.74) is 0.523. The molecule has 0 bridgehead atoms. The Balaban J connectivity index is 3.08. The summed E-state index contributed by atoms with van der Waals surface area (Å²) in [6.45, 7) is 1.55. The van der Waals surface area contributed by atoms with Gasteiger partial charge < -0.3 is 14.9 Å². The first-order valence-corrected chi connectivity index (χ1v) is 4.15. The van der Waals surface area contributed by atoms with Crippen LogP contribution in [0.4, 0.5) is 0 Å². The van der Waals surface area contributed by atoms with Crippen LogP contribution in [-0.4, -0.2) is 23.3 Å². The van der Waals surface area contributed by atoms with E-state index in [1.165, 1.54) is 19.2 Å². The summed E-state index contributed by atoms with van der Waals surface area (Å²) in [7, 11) is 1.46. The second-order valence-corrected chi connectivity index (χ2v) is 3.02. The maximum Gasteiger partial charge on any atom is 0.310 e. The highest BCUT2D eigenvalue weighted by atomic mass is 16.5. The molecule has 2 N–H and O–H groups in total. The van der Waals surface area contributed by atoms with Gasteiger partial charge in [0.2, 0.25) is 0 Å². The van der Waals surface area contributed by atoms with Crippen LogP contribution in [0, 0.1) is 0 Å². The topological polar surface area (TPSA) is 66.8 Å². The van der Waals surface area contributed by atoms with Crippen molar-refractivity contribution < 1.29 is 19.7 Å². The lowest BCUT2D eigenvalue weighted by Crippen LogP contribution is -2.07. The van der Waals surface area contributed by atoms with Crippen LogP contribution in [0.15, 0.2) is 18.2 Å². The average molecular weight is 196 g/mol. The Morgan fingerprint density at radius 3 is 2.57 bits per heavy atom. The van der Waals surface area contributed by atoms with Crippen molar-refractivity contribution in [2.75, 3.05) is 7.11 Å². The predicted molar refractivity (Wildman–Crippen MR) is 50.7 cm³/mol. The number of aromatic hydroxyl groups is 1. The number of benzene rings is 1. The summed E-state index contributed by atoms with van der Waals surface area (Å²) >= 11 is 0. The largest absolute Gasteiger partial charge is 0.508 e. The van der Waals surface area contributed by atoms with Gasteiger partial charge in [0.1, 0.15) is 11.5 Å². The fourth-order valence-corrected chi connectivity index (χ4v) is 1.12. The normalized spacial score (nSPS) is 12.1. The molecule has 1 rings (SSSR count). The maximum atomic E-state index is 10.7. The van der Waals surface area contributed by atoms with Crippen LogP contribution in [0.3, 0.4) is 0 Å². The fraction of sp³-hybridized carbons (Fsp3) is 0.300. The molecule has 0 spiro atoms. The van der Waals surface area contributed by atoms with Crippen molar-refractivity contribution in [3.63, 3.8) is 0 Å². The standard InChI is InChI=1S/C10H12O4/c1-6(10(12)13)7-3-8(11)5-9(4-7)14-2/h3-6,11H,1-2H3,(H,12,13)/t6-/m1/s1. The summed E-state index contributed by atoms with van der Waals surface area (Å²) in [4.78, 5) is 10.7. The van der Waals surface area contributed by atoms with Crippen LogP contribution in [-0.2, 0) is 4.79 Å². The van der Waals surface area contributed by atoms with Crippen molar-refractivity contribution in [2.45, 2.75) is 12.8 Å². The molecular weight excluding hydrogens is 184 g/mol. The smallest absolute Gasteiger partial charge is 0.310 e. The molecule has 0 heterocycles. The monoisotopic (exact) mass is 196 g/mol. The molecule has 4 heteroatoms. The molecule has 0 aliphatic rings. The molecule has 1 atom stereocenters. The number of ether oxygens (including phenoxy) is 1. The number of carboxylic acid groups (broad SMARTS) is 1. The van der Waals surface area contributed by atoms with Gasteiger partial charge in [0.25, 0.3) is 0 Å². The Hall–Kier alpha value is -1.71. The minimum Gasteiger partial charge on any atom is -0.508 e. The van der Waals surface area contributed by atoms with E-state index in [1.54, 1.807) is 13.0 Å². The summed E-state index contributed by atoms with van der Waals surface area (Å²) in [5, 5.41) is 18.1. The van der Waals surface area contributed by atoms with Crippen molar-refractivity contribution in [3.05, 3.63) is 23.8 Å². The number of methoxy groups -OCH3 is 1. The van der Waals surface area contributed by atoms with Gasteiger partial charge in [-0.3, -0.25) is 4.79 Å². The molecule has 14 heavy (non-hydrogen) atoms. The van der Waals surface area contributed by atoms with E-state index in [2.05, 4.69) is 0 Å². The first kappa shape index (κ1) is 10.4. The van der Waals surface area contributed by atoms with Gasteiger partial charge in [0.05, 0.1) is 13.0 Å². The molecule has 4 nitrogen and oxygen atoms in total. The Kier molecular flexibility index (Phi) is 2.96. The van der Waals surface area contributed by atoms with E-state index in [0.717, 1.165) is 0 Å². The zero-order valence-corrected chi connectivity index (χ0v) is 8.02. The van der Waals surface area contributed by atoms with E-state index in [9.17, 15) is 9.90 Å². The third kappa shape index (κ3) is 2.16. The van der Waals surface area contributed by atoms with Gasteiger partial charge in [0, 0.05) is 6.07 Å². The second kappa shape index (κ2) is 4.00. The number of phenolic OH excluding ortho intramolecular Hbond substituents is 1. The van der Waals surface area contributed by atoms with E-state index < -0.39 is 11.9 Å². The Morgan fingerprint density at radius 2 is 2.07 bits per heavy atom. The van der Waals surface area contributed by atoms with Crippen molar-refractivity contribution >= 4 is 5.97 Å². The fourth-order valence-electron chi connectivity index (χ4n) is 1.12. The highest BCUT2D eigenvalue weighted by Crippen LogP contribution is 2.26. The molecule has 0 fully saturated rings. The Morgan fingerprint density at radius 1 is 1.43 bits per heavy atom. The lowest BCUT2D eigenvalue weighted by Gasteiger charge is -2.09. The van der Waals surface area contributed by atoms with Gasteiger partial charge in [-0.25, -0.2) is 0 Å². The van der Waals surface area contributed by atoms with E-state index in [-0.39, 0.29) is 5.75 Å². The van der Waals surface area contributed by atoms with Crippen LogP contribution >= 0.6 is 0 Å². The summed E-state index contributed by atoms with van der Waals surface area (Å²) in [6, 6.07) is 4.44. The van der Waals surface area contributed by atoms with E-state index >= 15 is 0 Å². The van der Waals surface area contributed by atoms with Gasteiger partial charge in [-0.2, -0.15) is 0 Å². The predicted octanol–water partition coefficient (Wildman–Crippen LogP) is 1.59. The van der Waals surface area contributed by atoms with Gasteiger partial charge in [-0.05, 0) is 24.6 Å². The Labute approximate surface area is 81.8 Å². The van der Waals surface area contributed by atoms with Crippen LogP contribution in [0.2, 0.25) is 0 Å². The zero-order chi connectivity index (χ0) is 10.7. The summed E-state index contributed by atoms with van der Waals surface area (Å²) in [6.07, 6.45) is 0. The first-order valence-electron chi connectivity index (χ1n) is 4.15. The van der Waals surface area contributed by atoms with Crippen molar-refractivity contribution in [3.8, 4) is 11.5 Å². The molecule has 0 radical (unpaired) electrons. The Bertz CT molecular complexity index is 346. The molecular formula is C10H12O4. The summed E-state index contributed by atoms with van der Waals surface area (Å²) < 4.78 is 4.91. The molecule has 0 aliphatic heterocycles. The SMILES string of the molecule is COc1cc(O)cc([C@@H](C)C(=O)O)c1. The lowest BCUT2D eigenvalue weighted by atomic mass is 10.0. The molecule has 0 saturated carbocycles. The highest BCUT2D eigenvalue weighted by Gasteiger charge is 2.15. The first-order chi connectivity index (χ1) is 6.54. The average Bonchev–Trinajstić information content (AvgIpc) is 2.15. The number of carboxylic acids is 1. The molecule has 0 amide bonds. The molecule has 1 aromatic carbocycles. The van der Waals surface area contributed by atoms with Crippen LogP contribution < -0.4 is 4.74 Å². The van der Waals surface area contributed by atoms with Crippen LogP contribution in [0.25, 0.3) is 0 Å². The molecule has 1 aromatic rings. The van der Waals surface area contributed by atoms with E-state index in [0.29, 0.717) is 11.3 Å². The highest BCUT2D eigenvalue weighted by molar-refractivity contribution is 5.75. The molecule has 0 saturated heterocycles. The van der Waals surface area contributed by atoms with Gasteiger partial charge in [-0.1, -0.05) is 0 Å². The number of carbonyl (C=O) groups is 1. The van der Waals surface area contributed by atoms with Gasteiger partial charge >= 0.3 is 5.97 Å². The number of phenols is 1. The maximum absolute atomic E-state index is 10.7. The number of hydrogen-bond donors (Lipinski definition) is 2. The van der Waals surface area contributed by atoms with Crippen LogP contribution in [0.5, 0.6) is 11.5 Å². The number of hydrogen-bond acceptors (Lipinski definition) is 3.